The van der Waals surface area contributed by atoms with Gasteiger partial charge in [0.15, 0.2) is 0 Å². The van der Waals surface area contributed by atoms with Gasteiger partial charge in [0.05, 0.1) is 11.5 Å². The van der Waals surface area contributed by atoms with E-state index in [-0.39, 0.29) is 5.91 Å². The summed E-state index contributed by atoms with van der Waals surface area (Å²) in [7, 11) is 0. The molecule has 1 amide bonds. The van der Waals surface area contributed by atoms with Gasteiger partial charge in [0.25, 0.3) is 0 Å². The fraction of sp³-hybridized carbons (Fsp3) is 0.435. The molecule has 0 bridgehead atoms. The number of hydrogen-bond acceptors (Lipinski definition) is 4. The summed E-state index contributed by atoms with van der Waals surface area (Å²) in [5, 5.41) is 13.5. The van der Waals surface area contributed by atoms with Gasteiger partial charge in [-0.3, -0.25) is 9.69 Å². The van der Waals surface area contributed by atoms with E-state index in [9.17, 15) is 9.90 Å². The zero-order chi connectivity index (χ0) is 19.4. The van der Waals surface area contributed by atoms with Gasteiger partial charge in [-0.25, -0.2) is 0 Å². The van der Waals surface area contributed by atoms with E-state index >= 15 is 0 Å². The molecule has 2 aliphatic heterocycles. The first kappa shape index (κ1) is 19.0. The molecule has 2 aromatic carbocycles. The molecule has 1 spiro atoms. The monoisotopic (exact) mass is 380 g/mol. The molecule has 2 aliphatic rings. The number of carbonyl (C=O) groups excluding carboxylic acids is 1. The highest BCUT2D eigenvalue weighted by Gasteiger charge is 2.49. The number of benzene rings is 2. The molecule has 0 aliphatic carbocycles. The zero-order valence-electron chi connectivity index (χ0n) is 16.1. The Labute approximate surface area is 166 Å². The summed E-state index contributed by atoms with van der Waals surface area (Å²) >= 11 is 0. The fourth-order valence-electron chi connectivity index (χ4n) is 4.42. The Hall–Kier alpha value is -2.37. The molecule has 5 nitrogen and oxygen atoms in total. The van der Waals surface area contributed by atoms with Crippen LogP contribution in [0.5, 0.6) is 5.75 Å². The summed E-state index contributed by atoms with van der Waals surface area (Å²) in [6, 6.07) is 18.2. The number of amides is 1. The van der Waals surface area contributed by atoms with Crippen LogP contribution in [0.15, 0.2) is 54.6 Å². The molecular weight excluding hydrogens is 352 g/mol. The third-order valence-corrected chi connectivity index (χ3v) is 6.00. The number of likely N-dealkylation sites (tertiary alicyclic amines) is 1. The Morgan fingerprint density at radius 2 is 1.93 bits per heavy atom. The molecule has 4 rings (SSSR count). The predicted molar refractivity (Wildman–Crippen MR) is 108 cm³/mol. The van der Waals surface area contributed by atoms with E-state index in [1.165, 1.54) is 0 Å². The third-order valence-electron chi connectivity index (χ3n) is 6.00. The number of nitrogens with one attached hydrogen (secondary N) is 1. The topological polar surface area (TPSA) is 61.8 Å². The molecule has 2 N–H and O–H groups in total. The van der Waals surface area contributed by atoms with Crippen LogP contribution < -0.4 is 10.1 Å². The van der Waals surface area contributed by atoms with Crippen molar-refractivity contribution in [2.75, 3.05) is 19.6 Å². The van der Waals surface area contributed by atoms with Crippen molar-refractivity contribution in [1.82, 2.24) is 10.2 Å². The highest BCUT2D eigenvalue weighted by atomic mass is 16.5. The number of para-hydroxylation sites is 1. The zero-order valence-corrected chi connectivity index (χ0v) is 16.1. The van der Waals surface area contributed by atoms with E-state index in [0.717, 1.165) is 36.3 Å². The lowest BCUT2D eigenvalue weighted by atomic mass is 9.71. The third kappa shape index (κ3) is 3.91. The van der Waals surface area contributed by atoms with E-state index < -0.39 is 11.5 Å². The Kier molecular flexibility index (Phi) is 5.64. The summed E-state index contributed by atoms with van der Waals surface area (Å²) < 4.78 is 6.09. The second-order valence-electron chi connectivity index (χ2n) is 7.91. The van der Waals surface area contributed by atoms with Gasteiger partial charge in [-0.1, -0.05) is 48.5 Å². The van der Waals surface area contributed by atoms with Crippen molar-refractivity contribution < 1.29 is 14.6 Å². The lowest BCUT2D eigenvalue weighted by molar-refractivity contribution is -0.149. The maximum atomic E-state index is 12.6. The quantitative estimate of drug-likeness (QED) is 0.837. The van der Waals surface area contributed by atoms with Crippen molar-refractivity contribution in [2.24, 2.45) is 5.41 Å². The Morgan fingerprint density at radius 3 is 2.75 bits per heavy atom. The highest BCUT2D eigenvalue weighted by Crippen LogP contribution is 2.38. The van der Waals surface area contributed by atoms with E-state index in [4.69, 9.17) is 4.74 Å². The molecule has 0 unspecified atom stereocenters. The summed E-state index contributed by atoms with van der Waals surface area (Å²) in [5.41, 5.74) is 1.58. The fourth-order valence-corrected chi connectivity index (χ4v) is 4.42. The normalized spacial score (nSPS) is 25.5. The molecule has 2 atom stereocenters. The van der Waals surface area contributed by atoms with Crippen LogP contribution in [0.25, 0.3) is 0 Å². The maximum Gasteiger partial charge on any atom is 0.230 e. The van der Waals surface area contributed by atoms with Crippen LogP contribution in [0.4, 0.5) is 0 Å². The van der Waals surface area contributed by atoms with Crippen LogP contribution in [0, 0.1) is 5.41 Å². The average molecular weight is 380 g/mol. The Balaban J connectivity index is 1.46. The van der Waals surface area contributed by atoms with Gasteiger partial charge in [0.2, 0.25) is 5.91 Å². The van der Waals surface area contributed by atoms with Crippen LogP contribution in [-0.4, -0.2) is 41.7 Å². The van der Waals surface area contributed by atoms with Crippen molar-refractivity contribution >= 4 is 5.91 Å². The first-order valence-electron chi connectivity index (χ1n) is 10.1. The number of carbonyl (C=O) groups is 1. The van der Waals surface area contributed by atoms with Crippen molar-refractivity contribution in [3.05, 3.63) is 65.7 Å². The minimum atomic E-state index is -0.670. The van der Waals surface area contributed by atoms with Gasteiger partial charge in [0, 0.05) is 31.7 Å². The number of piperidine rings is 2. The second-order valence-corrected chi connectivity index (χ2v) is 7.91. The number of aliphatic hydroxyl groups is 1. The van der Waals surface area contributed by atoms with E-state index in [1.807, 2.05) is 36.4 Å². The van der Waals surface area contributed by atoms with Gasteiger partial charge in [-0.05, 0) is 30.9 Å². The van der Waals surface area contributed by atoms with Gasteiger partial charge in [-0.15, -0.1) is 0 Å². The van der Waals surface area contributed by atoms with Crippen molar-refractivity contribution in [3.63, 3.8) is 0 Å². The molecule has 0 saturated carbocycles. The average Bonchev–Trinajstić information content (AvgIpc) is 2.73. The van der Waals surface area contributed by atoms with E-state index in [2.05, 4.69) is 28.4 Å². The summed E-state index contributed by atoms with van der Waals surface area (Å²) in [4.78, 5) is 14.9. The SMILES string of the molecule is O=C1NCCC[C@]12CN(Cc1ccccc1OCc1ccccc1)CC[C@@H]2O. The van der Waals surface area contributed by atoms with Crippen molar-refractivity contribution in [1.29, 1.82) is 0 Å². The molecule has 5 heteroatoms. The standard InChI is InChI=1S/C23H28N2O3/c26-21-11-14-25(17-23(21)12-6-13-24-22(23)27)15-19-9-4-5-10-20(19)28-16-18-7-2-1-3-8-18/h1-5,7-10,21,26H,6,11-17H2,(H,24,27)/t21-,23+/m0/s1. The van der Waals surface area contributed by atoms with Gasteiger partial charge in [-0.2, -0.15) is 0 Å². The lowest BCUT2D eigenvalue weighted by Gasteiger charge is -2.47. The smallest absolute Gasteiger partial charge is 0.230 e. The number of hydrogen-bond donors (Lipinski definition) is 2. The first-order valence-corrected chi connectivity index (χ1v) is 10.1. The minimum absolute atomic E-state index is 0.00422. The molecule has 0 radical (unpaired) electrons. The second kappa shape index (κ2) is 8.33. The minimum Gasteiger partial charge on any atom is -0.489 e. The Bertz CT molecular complexity index is 811. The number of ether oxygens (including phenoxy) is 1. The van der Waals surface area contributed by atoms with Crippen LogP contribution in [-0.2, 0) is 17.9 Å². The molecule has 0 aromatic heterocycles. The summed E-state index contributed by atoms with van der Waals surface area (Å²) in [6.07, 6.45) is 1.74. The molecular formula is C23H28N2O3. The van der Waals surface area contributed by atoms with E-state index in [0.29, 0.717) is 32.7 Å². The van der Waals surface area contributed by atoms with Crippen LogP contribution in [0.3, 0.4) is 0 Å². The molecule has 2 fully saturated rings. The molecule has 2 heterocycles. The predicted octanol–water partition coefficient (Wildman–Crippen LogP) is 2.73. The molecule has 2 aromatic rings. The molecule has 28 heavy (non-hydrogen) atoms. The van der Waals surface area contributed by atoms with Gasteiger partial charge in [0.1, 0.15) is 12.4 Å². The number of rotatable bonds is 5. The number of nitrogens with zero attached hydrogens (tertiary/aromatic N) is 1. The van der Waals surface area contributed by atoms with Gasteiger partial charge >= 0.3 is 0 Å². The van der Waals surface area contributed by atoms with Crippen LogP contribution in [0.1, 0.15) is 30.4 Å². The largest absolute Gasteiger partial charge is 0.489 e. The number of aliphatic hydroxyl groups excluding tert-OH is 1. The molecule has 2 saturated heterocycles. The van der Waals surface area contributed by atoms with Crippen molar-refractivity contribution in [3.8, 4) is 5.75 Å². The highest BCUT2D eigenvalue weighted by molar-refractivity contribution is 5.84. The van der Waals surface area contributed by atoms with E-state index in [1.54, 1.807) is 0 Å². The Morgan fingerprint density at radius 1 is 1.14 bits per heavy atom. The van der Waals surface area contributed by atoms with Crippen LogP contribution >= 0.6 is 0 Å². The van der Waals surface area contributed by atoms with Crippen LogP contribution in [0.2, 0.25) is 0 Å². The summed E-state index contributed by atoms with van der Waals surface area (Å²) in [6.45, 7) is 3.33. The molecule has 148 valence electrons. The first-order chi connectivity index (χ1) is 13.7. The van der Waals surface area contributed by atoms with Crippen molar-refractivity contribution in [2.45, 2.75) is 38.5 Å². The summed E-state index contributed by atoms with van der Waals surface area (Å²) in [5.74, 6) is 0.879. The maximum absolute atomic E-state index is 12.6. The van der Waals surface area contributed by atoms with Gasteiger partial charge < -0.3 is 15.2 Å². The lowest BCUT2D eigenvalue weighted by Crippen LogP contribution is -2.61.